The van der Waals surface area contributed by atoms with Crippen molar-refractivity contribution in [2.45, 2.75) is 39.5 Å². The van der Waals surface area contributed by atoms with Crippen molar-refractivity contribution in [3.63, 3.8) is 0 Å². The highest BCUT2D eigenvalue weighted by atomic mass is 19.4. The molecule has 5 rings (SSSR count). The van der Waals surface area contributed by atoms with Gasteiger partial charge in [-0.15, -0.1) is 0 Å². The second kappa shape index (κ2) is 9.47. The van der Waals surface area contributed by atoms with Crippen LogP contribution in [0.25, 0.3) is 5.82 Å². The minimum absolute atomic E-state index is 0.0909. The van der Waals surface area contributed by atoms with E-state index in [0.717, 1.165) is 34.9 Å². The summed E-state index contributed by atoms with van der Waals surface area (Å²) in [6, 6.07) is 11.9. The van der Waals surface area contributed by atoms with Crippen LogP contribution >= 0.6 is 0 Å². The van der Waals surface area contributed by atoms with Gasteiger partial charge < -0.3 is 14.8 Å². The number of nitrogens with zero attached hydrogens (tertiary/aromatic N) is 5. The molecule has 0 spiro atoms. The van der Waals surface area contributed by atoms with E-state index >= 15 is 0 Å². The first kappa shape index (κ1) is 25.2. The molecule has 0 fully saturated rings. The molecule has 0 saturated carbocycles. The Morgan fingerprint density at radius 2 is 1.71 bits per heavy atom. The molecular formula is C27H25F3N6O2. The number of hydrogen-bond acceptors (Lipinski definition) is 4. The Morgan fingerprint density at radius 1 is 1.03 bits per heavy atom. The van der Waals surface area contributed by atoms with Gasteiger partial charge in [0.15, 0.2) is 0 Å². The van der Waals surface area contributed by atoms with Crippen molar-refractivity contribution in [3.05, 3.63) is 94.7 Å². The number of benzene rings is 1. The first-order valence-corrected chi connectivity index (χ1v) is 12.0. The normalized spacial score (nSPS) is 15.5. The number of anilines is 1. The zero-order valence-electron chi connectivity index (χ0n) is 21.0. The van der Waals surface area contributed by atoms with Crippen molar-refractivity contribution >= 4 is 17.5 Å². The number of carbonyl (C=O) groups is 2. The predicted octanol–water partition coefficient (Wildman–Crippen LogP) is 4.86. The number of halogens is 3. The van der Waals surface area contributed by atoms with Gasteiger partial charge in [-0.1, -0.05) is 6.07 Å². The summed E-state index contributed by atoms with van der Waals surface area (Å²) in [6.07, 6.45) is -1.45. The van der Waals surface area contributed by atoms with Gasteiger partial charge in [-0.05, 0) is 68.8 Å². The van der Waals surface area contributed by atoms with Crippen molar-refractivity contribution in [1.29, 1.82) is 0 Å². The highest BCUT2D eigenvalue weighted by Gasteiger charge is 2.36. The monoisotopic (exact) mass is 522 g/mol. The number of amides is 2. The zero-order valence-corrected chi connectivity index (χ0v) is 21.0. The van der Waals surface area contributed by atoms with E-state index in [0.29, 0.717) is 5.69 Å². The number of aryl methyl sites for hydroxylation is 2. The third-order valence-corrected chi connectivity index (χ3v) is 6.62. The number of alkyl halides is 3. The summed E-state index contributed by atoms with van der Waals surface area (Å²) in [5, 5.41) is 7.05. The van der Waals surface area contributed by atoms with Crippen LogP contribution in [-0.4, -0.2) is 37.7 Å². The standard InChI is InChI=1S/C27H25F3N6O2/c1-16-4-5-17(2)35(16)23-11-6-19(12-31-23)13-32-25(37)22-14-33-36-18(3)15-34(26(38)24(22)36)21-9-7-20(8-10-21)27(28,29)30/h4-12,14,18H,13,15H2,1-3H3,(H,32,37). The van der Waals surface area contributed by atoms with Crippen LogP contribution in [0, 0.1) is 13.8 Å². The molecule has 1 aliphatic heterocycles. The molecule has 0 aliphatic carbocycles. The van der Waals surface area contributed by atoms with Gasteiger partial charge >= 0.3 is 6.18 Å². The lowest BCUT2D eigenvalue weighted by Crippen LogP contribution is -2.43. The van der Waals surface area contributed by atoms with Crippen molar-refractivity contribution in [1.82, 2.24) is 24.6 Å². The maximum Gasteiger partial charge on any atom is 0.416 e. The van der Waals surface area contributed by atoms with E-state index in [4.69, 9.17) is 0 Å². The van der Waals surface area contributed by atoms with Crippen LogP contribution < -0.4 is 10.2 Å². The molecule has 1 N–H and O–H groups in total. The molecule has 1 atom stereocenters. The lowest BCUT2D eigenvalue weighted by molar-refractivity contribution is -0.137. The average molecular weight is 523 g/mol. The lowest BCUT2D eigenvalue weighted by Gasteiger charge is -2.32. The van der Waals surface area contributed by atoms with E-state index in [-0.39, 0.29) is 30.4 Å². The maximum absolute atomic E-state index is 13.4. The second-order valence-corrected chi connectivity index (χ2v) is 9.32. The molecule has 1 aromatic carbocycles. The van der Waals surface area contributed by atoms with E-state index in [1.165, 1.54) is 27.9 Å². The van der Waals surface area contributed by atoms with Gasteiger partial charge in [-0.25, -0.2) is 4.98 Å². The number of rotatable bonds is 5. The number of aromatic nitrogens is 4. The van der Waals surface area contributed by atoms with Gasteiger partial charge in [0.25, 0.3) is 11.8 Å². The summed E-state index contributed by atoms with van der Waals surface area (Å²) in [5.41, 5.74) is 2.60. The molecule has 2 amide bonds. The van der Waals surface area contributed by atoms with Crippen molar-refractivity contribution < 1.29 is 22.8 Å². The van der Waals surface area contributed by atoms with E-state index in [1.807, 2.05) is 49.6 Å². The zero-order chi connectivity index (χ0) is 27.2. The fourth-order valence-electron chi connectivity index (χ4n) is 4.64. The number of pyridine rings is 1. The topological polar surface area (TPSA) is 85.0 Å². The highest BCUT2D eigenvalue weighted by Crippen LogP contribution is 2.32. The van der Waals surface area contributed by atoms with E-state index in [2.05, 4.69) is 15.4 Å². The number of nitrogens with one attached hydrogen (secondary N) is 1. The number of fused-ring (bicyclic) bond motifs is 1. The summed E-state index contributed by atoms with van der Waals surface area (Å²) in [4.78, 5) is 32.3. The van der Waals surface area contributed by atoms with Gasteiger partial charge in [-0.2, -0.15) is 18.3 Å². The lowest BCUT2D eigenvalue weighted by atomic mass is 10.1. The van der Waals surface area contributed by atoms with Crippen LogP contribution in [0.4, 0.5) is 18.9 Å². The Morgan fingerprint density at radius 3 is 2.32 bits per heavy atom. The van der Waals surface area contributed by atoms with Gasteiger partial charge in [0.2, 0.25) is 0 Å². The number of hydrogen-bond donors (Lipinski definition) is 1. The molecule has 8 nitrogen and oxygen atoms in total. The first-order valence-electron chi connectivity index (χ1n) is 12.0. The summed E-state index contributed by atoms with van der Waals surface area (Å²) in [6.45, 7) is 6.21. The Labute approximate surface area is 216 Å². The summed E-state index contributed by atoms with van der Waals surface area (Å²) >= 11 is 0. The molecule has 4 aromatic rings. The van der Waals surface area contributed by atoms with E-state index < -0.39 is 23.6 Å². The van der Waals surface area contributed by atoms with Crippen LogP contribution in [-0.2, 0) is 12.7 Å². The van der Waals surface area contributed by atoms with Crippen LogP contribution in [0.3, 0.4) is 0 Å². The molecule has 196 valence electrons. The molecule has 1 aliphatic rings. The Hall–Kier alpha value is -4.41. The van der Waals surface area contributed by atoms with Crippen molar-refractivity contribution in [3.8, 4) is 5.82 Å². The SMILES string of the molecule is Cc1ccc(C)n1-c1ccc(CNC(=O)c2cnn3c2C(=O)N(c2ccc(C(F)(F)F)cc2)CC3C)cn1. The van der Waals surface area contributed by atoms with Crippen LogP contribution in [0.1, 0.15) is 56.3 Å². The molecule has 38 heavy (non-hydrogen) atoms. The third-order valence-electron chi connectivity index (χ3n) is 6.62. The predicted molar refractivity (Wildman–Crippen MR) is 134 cm³/mol. The molecule has 4 heterocycles. The molecule has 0 saturated heterocycles. The Balaban J connectivity index is 1.32. The van der Waals surface area contributed by atoms with Gasteiger partial charge in [0, 0.05) is 36.4 Å². The molecule has 1 unspecified atom stereocenters. The first-order chi connectivity index (χ1) is 18.0. The minimum Gasteiger partial charge on any atom is -0.348 e. The van der Waals surface area contributed by atoms with E-state index in [9.17, 15) is 22.8 Å². The summed E-state index contributed by atoms with van der Waals surface area (Å²) in [7, 11) is 0. The summed E-state index contributed by atoms with van der Waals surface area (Å²) in [5.74, 6) is -0.218. The maximum atomic E-state index is 13.4. The molecule has 0 radical (unpaired) electrons. The van der Waals surface area contributed by atoms with Gasteiger partial charge in [0.1, 0.15) is 11.5 Å². The smallest absolute Gasteiger partial charge is 0.348 e. The van der Waals surface area contributed by atoms with Gasteiger partial charge in [-0.3, -0.25) is 14.3 Å². The van der Waals surface area contributed by atoms with Crippen LogP contribution in [0.15, 0.2) is 60.9 Å². The van der Waals surface area contributed by atoms with Crippen molar-refractivity contribution in [2.24, 2.45) is 0 Å². The Kier molecular flexibility index (Phi) is 6.29. The minimum atomic E-state index is -4.47. The van der Waals surface area contributed by atoms with Crippen molar-refractivity contribution in [2.75, 3.05) is 11.4 Å². The number of carbonyl (C=O) groups excluding carboxylic acids is 2. The fourth-order valence-corrected chi connectivity index (χ4v) is 4.64. The van der Waals surface area contributed by atoms with Crippen LogP contribution in [0.5, 0.6) is 0 Å². The fraction of sp³-hybridized carbons (Fsp3) is 0.259. The molecule has 3 aromatic heterocycles. The summed E-state index contributed by atoms with van der Waals surface area (Å²) < 4.78 is 42.4. The molecule has 0 bridgehead atoms. The van der Waals surface area contributed by atoms with Crippen LogP contribution in [0.2, 0.25) is 0 Å². The molecular weight excluding hydrogens is 497 g/mol. The quantitative estimate of drug-likeness (QED) is 0.406. The molecule has 11 heteroatoms. The highest BCUT2D eigenvalue weighted by molar-refractivity contribution is 6.12. The average Bonchev–Trinajstić information content (AvgIpc) is 3.49. The Bertz CT molecular complexity index is 1480. The van der Waals surface area contributed by atoms with E-state index in [1.54, 1.807) is 6.20 Å². The third kappa shape index (κ3) is 4.55. The largest absolute Gasteiger partial charge is 0.416 e. The second-order valence-electron chi connectivity index (χ2n) is 9.32. The van der Waals surface area contributed by atoms with Gasteiger partial charge in [0.05, 0.1) is 23.4 Å².